The zero-order valence-electron chi connectivity index (χ0n) is 12.6. The zero-order valence-corrected chi connectivity index (χ0v) is 13.5. The fraction of sp³-hybridized carbons (Fsp3) is 0. The van der Waals surface area contributed by atoms with E-state index in [1.54, 1.807) is 6.08 Å². The van der Waals surface area contributed by atoms with Crippen LogP contribution in [0.2, 0.25) is 0 Å². The molecule has 0 saturated heterocycles. The molecule has 3 aromatic rings. The van der Waals surface area contributed by atoms with Crippen LogP contribution < -0.4 is 15.1 Å². The van der Waals surface area contributed by atoms with Gasteiger partial charge in [0.2, 0.25) is 0 Å². The van der Waals surface area contributed by atoms with E-state index in [1.807, 2.05) is 84.9 Å². The van der Waals surface area contributed by atoms with Crippen LogP contribution >= 0.6 is 7.37 Å². The number of rotatable bonds is 5. The van der Waals surface area contributed by atoms with Gasteiger partial charge in [-0.1, -0.05) is 61.2 Å². The van der Waals surface area contributed by atoms with Gasteiger partial charge in [-0.3, -0.25) is 4.57 Å². The lowest BCUT2D eigenvalue weighted by molar-refractivity contribution is 0.503. The van der Waals surface area contributed by atoms with Crippen LogP contribution in [-0.4, -0.2) is 0 Å². The molecule has 23 heavy (non-hydrogen) atoms. The molecule has 3 aromatic carbocycles. The quantitative estimate of drug-likeness (QED) is 0.640. The van der Waals surface area contributed by atoms with Gasteiger partial charge in [-0.2, -0.15) is 0 Å². The molecule has 0 aliphatic carbocycles. The largest absolute Gasteiger partial charge is 0.437 e. The molecule has 0 aromatic heterocycles. The van der Waals surface area contributed by atoms with Crippen LogP contribution in [0.5, 0.6) is 5.75 Å². The SMILES string of the molecule is C=Cc1ccc(OP(=O)(c2ccccc2)c2ccccc2)cc1. The Labute approximate surface area is 136 Å². The van der Waals surface area contributed by atoms with Crippen molar-refractivity contribution in [3.8, 4) is 5.75 Å². The van der Waals surface area contributed by atoms with Gasteiger partial charge in [-0.15, -0.1) is 0 Å². The maximum atomic E-state index is 13.7. The lowest BCUT2D eigenvalue weighted by atomic mass is 10.2. The standard InChI is InChI=1S/C20H17O2P/c1-2-17-13-15-18(16-14-17)22-23(21,19-9-5-3-6-10-19)20-11-7-4-8-12-20/h2-16H,1H2. The molecule has 0 spiro atoms. The van der Waals surface area contributed by atoms with Gasteiger partial charge in [0.25, 0.3) is 0 Å². The second-order valence-corrected chi connectivity index (χ2v) is 7.41. The normalized spacial score (nSPS) is 11.0. The van der Waals surface area contributed by atoms with E-state index >= 15 is 0 Å². The van der Waals surface area contributed by atoms with Crippen molar-refractivity contribution in [2.75, 3.05) is 0 Å². The van der Waals surface area contributed by atoms with Crippen molar-refractivity contribution in [2.24, 2.45) is 0 Å². The molecule has 3 heteroatoms. The Morgan fingerprint density at radius 1 is 0.739 bits per heavy atom. The third-order valence-corrected chi connectivity index (χ3v) is 5.97. The highest BCUT2D eigenvalue weighted by molar-refractivity contribution is 7.74. The van der Waals surface area contributed by atoms with Gasteiger partial charge in [0.05, 0.1) is 10.6 Å². The van der Waals surface area contributed by atoms with Crippen LogP contribution in [0.3, 0.4) is 0 Å². The third kappa shape index (κ3) is 3.28. The van der Waals surface area contributed by atoms with Gasteiger partial charge in [-0.05, 0) is 42.0 Å². The molecule has 0 radical (unpaired) electrons. The van der Waals surface area contributed by atoms with Crippen LogP contribution in [0.25, 0.3) is 6.08 Å². The summed E-state index contributed by atoms with van der Waals surface area (Å²) in [5, 5.41) is 1.36. The van der Waals surface area contributed by atoms with E-state index in [0.29, 0.717) is 16.4 Å². The summed E-state index contributed by atoms with van der Waals surface area (Å²) in [4.78, 5) is 0. The molecule has 0 aliphatic heterocycles. The van der Waals surface area contributed by atoms with E-state index in [0.717, 1.165) is 5.56 Å². The molecule has 0 bridgehead atoms. The highest BCUT2D eigenvalue weighted by Crippen LogP contribution is 2.45. The van der Waals surface area contributed by atoms with Gasteiger partial charge in [0.15, 0.2) is 0 Å². The molecule has 0 fully saturated rings. The zero-order chi connectivity index (χ0) is 16.1. The van der Waals surface area contributed by atoms with E-state index < -0.39 is 7.37 Å². The predicted octanol–water partition coefficient (Wildman–Crippen LogP) is 4.64. The Morgan fingerprint density at radius 3 is 1.65 bits per heavy atom. The molecule has 3 rings (SSSR count). The van der Waals surface area contributed by atoms with E-state index in [9.17, 15) is 4.57 Å². The fourth-order valence-corrected chi connectivity index (χ4v) is 4.37. The minimum absolute atomic E-state index is 0.576. The first-order chi connectivity index (χ1) is 11.2. The summed E-state index contributed by atoms with van der Waals surface area (Å²) in [5.74, 6) is 0.576. The van der Waals surface area contributed by atoms with Crippen molar-refractivity contribution in [3.63, 3.8) is 0 Å². The van der Waals surface area contributed by atoms with E-state index in [1.165, 1.54) is 0 Å². The minimum Gasteiger partial charge on any atom is -0.437 e. The maximum Gasteiger partial charge on any atom is 0.306 e. The lowest BCUT2D eigenvalue weighted by Crippen LogP contribution is -2.19. The molecule has 0 amide bonds. The monoisotopic (exact) mass is 320 g/mol. The summed E-state index contributed by atoms with van der Waals surface area (Å²) in [7, 11) is -3.20. The number of benzene rings is 3. The topological polar surface area (TPSA) is 26.3 Å². The van der Waals surface area contributed by atoms with Crippen LogP contribution in [0.15, 0.2) is 91.5 Å². The van der Waals surface area contributed by atoms with Gasteiger partial charge in [0, 0.05) is 0 Å². The average Bonchev–Trinajstić information content (AvgIpc) is 2.64. The average molecular weight is 320 g/mol. The van der Waals surface area contributed by atoms with Crippen molar-refractivity contribution in [3.05, 3.63) is 97.1 Å². The Kier molecular flexibility index (Phi) is 4.45. The van der Waals surface area contributed by atoms with Crippen LogP contribution in [0.4, 0.5) is 0 Å². The van der Waals surface area contributed by atoms with Crippen LogP contribution in [0.1, 0.15) is 5.56 Å². The summed E-state index contributed by atoms with van der Waals surface area (Å²) in [6.45, 7) is 3.73. The van der Waals surface area contributed by atoms with E-state index in [-0.39, 0.29) is 0 Å². The molecular weight excluding hydrogens is 303 g/mol. The van der Waals surface area contributed by atoms with Gasteiger partial charge in [0.1, 0.15) is 5.75 Å². The third-order valence-electron chi connectivity index (χ3n) is 3.54. The Morgan fingerprint density at radius 2 is 1.22 bits per heavy atom. The Balaban J connectivity index is 2.05. The second kappa shape index (κ2) is 6.68. The number of hydrogen-bond acceptors (Lipinski definition) is 2. The van der Waals surface area contributed by atoms with Crippen molar-refractivity contribution < 1.29 is 9.09 Å². The predicted molar refractivity (Wildman–Crippen MR) is 96.9 cm³/mol. The summed E-state index contributed by atoms with van der Waals surface area (Å²) >= 11 is 0. The van der Waals surface area contributed by atoms with Crippen molar-refractivity contribution in [2.45, 2.75) is 0 Å². The maximum absolute atomic E-state index is 13.7. The fourth-order valence-electron chi connectivity index (χ4n) is 2.32. The van der Waals surface area contributed by atoms with E-state index in [2.05, 4.69) is 6.58 Å². The smallest absolute Gasteiger partial charge is 0.306 e. The lowest BCUT2D eigenvalue weighted by Gasteiger charge is -2.20. The minimum atomic E-state index is -3.20. The summed E-state index contributed by atoms with van der Waals surface area (Å²) < 4.78 is 19.7. The van der Waals surface area contributed by atoms with Crippen molar-refractivity contribution in [1.29, 1.82) is 0 Å². The molecule has 2 nitrogen and oxygen atoms in total. The first kappa shape index (κ1) is 15.3. The molecule has 0 N–H and O–H groups in total. The molecule has 114 valence electrons. The van der Waals surface area contributed by atoms with Crippen molar-refractivity contribution >= 4 is 24.1 Å². The highest BCUT2D eigenvalue weighted by atomic mass is 31.2. The first-order valence-corrected chi connectivity index (χ1v) is 8.98. The first-order valence-electron chi connectivity index (χ1n) is 7.36. The Bertz CT molecular complexity index is 781. The van der Waals surface area contributed by atoms with Gasteiger partial charge in [-0.25, -0.2) is 0 Å². The molecule has 0 heterocycles. The summed E-state index contributed by atoms with van der Waals surface area (Å²) in [6.07, 6.45) is 1.76. The van der Waals surface area contributed by atoms with Crippen LogP contribution in [-0.2, 0) is 4.57 Å². The van der Waals surface area contributed by atoms with Crippen LogP contribution in [0, 0.1) is 0 Å². The van der Waals surface area contributed by atoms with Gasteiger partial charge < -0.3 is 4.52 Å². The number of hydrogen-bond donors (Lipinski definition) is 0. The summed E-state index contributed by atoms with van der Waals surface area (Å²) in [6, 6.07) is 26.1. The molecule has 0 aliphatic rings. The molecular formula is C20H17O2P. The molecule has 0 unspecified atom stereocenters. The second-order valence-electron chi connectivity index (χ2n) is 5.09. The Hall–Kier alpha value is -2.57. The molecule has 0 atom stereocenters. The van der Waals surface area contributed by atoms with Crippen molar-refractivity contribution in [1.82, 2.24) is 0 Å². The highest BCUT2D eigenvalue weighted by Gasteiger charge is 2.29. The van der Waals surface area contributed by atoms with Gasteiger partial charge >= 0.3 is 7.37 Å². The van der Waals surface area contributed by atoms with E-state index in [4.69, 9.17) is 4.52 Å². The molecule has 0 saturated carbocycles. The summed E-state index contributed by atoms with van der Waals surface area (Å²) in [5.41, 5.74) is 0.992.